The van der Waals surface area contributed by atoms with Crippen LogP contribution in [0, 0.1) is 16.7 Å². The number of nitrogens with zero attached hydrogens (tertiary/aromatic N) is 1. The summed E-state index contributed by atoms with van der Waals surface area (Å²) in [5.41, 5.74) is 4.01. The van der Waals surface area contributed by atoms with Crippen molar-refractivity contribution in [2.75, 3.05) is 7.11 Å². The van der Waals surface area contributed by atoms with E-state index in [4.69, 9.17) is 0 Å². The summed E-state index contributed by atoms with van der Waals surface area (Å²) in [7, 11) is 1.35. The molecule has 4 nitrogen and oxygen atoms in total. The Hall–Kier alpha value is -1.06. The van der Waals surface area contributed by atoms with Crippen LogP contribution in [0.3, 0.4) is 0 Å². The quantitative estimate of drug-likeness (QED) is 0.696. The van der Waals surface area contributed by atoms with Gasteiger partial charge in [0.2, 0.25) is 0 Å². The van der Waals surface area contributed by atoms with Crippen molar-refractivity contribution < 1.29 is 9.53 Å². The lowest BCUT2D eigenvalue weighted by Crippen LogP contribution is -2.34. The highest BCUT2D eigenvalue weighted by atomic mass is 16.5. The van der Waals surface area contributed by atoms with Crippen LogP contribution < -0.4 is 5.43 Å². The lowest BCUT2D eigenvalue weighted by molar-refractivity contribution is 0.170. The highest BCUT2D eigenvalue weighted by Gasteiger charge is 2.59. The van der Waals surface area contributed by atoms with Crippen molar-refractivity contribution in [3.8, 4) is 0 Å². The van der Waals surface area contributed by atoms with Crippen molar-refractivity contribution in [3.63, 3.8) is 0 Å². The van der Waals surface area contributed by atoms with Gasteiger partial charge in [-0.25, -0.2) is 10.2 Å². The van der Waals surface area contributed by atoms with Gasteiger partial charge in [-0.3, -0.25) is 0 Å². The lowest BCUT2D eigenvalue weighted by Gasteiger charge is -2.34. The van der Waals surface area contributed by atoms with Gasteiger partial charge in [-0.1, -0.05) is 20.8 Å². The standard InChI is InChI=1S/C12H20N2O2/c1-11(2)8-5-6-12(11,3)9(7-8)13-14-10(15)16-4/h8H,5-7H2,1-4H3,(H,14,15)/b13-9-/t8-,12-/m1/s1. The Balaban J connectivity index is 2.18. The molecule has 2 atom stereocenters. The molecule has 1 amide bonds. The molecular formula is C12H20N2O2. The molecule has 0 unspecified atom stereocenters. The summed E-state index contributed by atoms with van der Waals surface area (Å²) in [4.78, 5) is 11.0. The molecule has 0 radical (unpaired) electrons. The van der Waals surface area contributed by atoms with Crippen molar-refractivity contribution in [1.29, 1.82) is 0 Å². The summed E-state index contributed by atoms with van der Waals surface area (Å²) >= 11 is 0. The van der Waals surface area contributed by atoms with E-state index in [0.717, 1.165) is 12.1 Å². The van der Waals surface area contributed by atoms with Crippen LogP contribution in [-0.4, -0.2) is 18.9 Å². The predicted octanol–water partition coefficient (Wildman–Crippen LogP) is 2.54. The third kappa shape index (κ3) is 1.35. The molecule has 2 saturated carbocycles. The third-order valence-electron chi connectivity index (χ3n) is 4.98. The monoisotopic (exact) mass is 224 g/mol. The van der Waals surface area contributed by atoms with Gasteiger partial charge in [-0.2, -0.15) is 5.10 Å². The SMILES string of the molecule is COC(=O)N/N=C1/C[C@H]2CC[C@@]1(C)C2(C)C. The Labute approximate surface area is 96.4 Å². The first kappa shape index (κ1) is 11.4. The van der Waals surface area contributed by atoms with Crippen molar-refractivity contribution in [1.82, 2.24) is 5.43 Å². The number of methoxy groups -OCH3 is 1. The van der Waals surface area contributed by atoms with Gasteiger partial charge in [-0.05, 0) is 30.6 Å². The molecule has 0 aromatic heterocycles. The molecule has 2 bridgehead atoms. The number of carbonyl (C=O) groups excluding carboxylic acids is 1. The van der Waals surface area contributed by atoms with Crippen LogP contribution in [0.1, 0.15) is 40.0 Å². The minimum Gasteiger partial charge on any atom is -0.452 e. The van der Waals surface area contributed by atoms with E-state index in [-0.39, 0.29) is 5.41 Å². The fraction of sp³-hybridized carbons (Fsp3) is 0.833. The van der Waals surface area contributed by atoms with Crippen LogP contribution in [-0.2, 0) is 4.74 Å². The van der Waals surface area contributed by atoms with Crippen LogP contribution in [0.25, 0.3) is 0 Å². The van der Waals surface area contributed by atoms with E-state index in [2.05, 4.69) is 36.0 Å². The van der Waals surface area contributed by atoms with Crippen molar-refractivity contribution in [2.45, 2.75) is 40.0 Å². The second-order valence-electron chi connectivity index (χ2n) is 5.66. The van der Waals surface area contributed by atoms with E-state index >= 15 is 0 Å². The molecule has 0 aromatic carbocycles. The Morgan fingerprint density at radius 3 is 2.62 bits per heavy atom. The van der Waals surface area contributed by atoms with E-state index in [1.807, 2.05) is 0 Å². The number of ether oxygens (including phenoxy) is 1. The van der Waals surface area contributed by atoms with Gasteiger partial charge in [0, 0.05) is 11.1 Å². The highest BCUT2D eigenvalue weighted by molar-refractivity contribution is 5.94. The fourth-order valence-electron chi connectivity index (χ4n) is 3.26. The maximum atomic E-state index is 11.0. The third-order valence-corrected chi connectivity index (χ3v) is 4.98. The normalized spacial score (nSPS) is 37.8. The molecule has 4 heteroatoms. The Morgan fingerprint density at radius 1 is 1.50 bits per heavy atom. The van der Waals surface area contributed by atoms with Gasteiger partial charge in [0.1, 0.15) is 0 Å². The highest BCUT2D eigenvalue weighted by Crippen LogP contribution is 2.63. The Morgan fingerprint density at radius 2 is 2.19 bits per heavy atom. The number of amides is 1. The average Bonchev–Trinajstić information content (AvgIpc) is 2.58. The molecule has 2 fully saturated rings. The molecule has 2 aliphatic rings. The second kappa shape index (κ2) is 3.47. The second-order valence-corrected chi connectivity index (χ2v) is 5.66. The van der Waals surface area contributed by atoms with Gasteiger partial charge in [0.05, 0.1) is 7.11 Å². The minimum absolute atomic E-state index is 0.138. The molecule has 0 spiro atoms. The van der Waals surface area contributed by atoms with Crippen LogP contribution in [0.15, 0.2) is 5.10 Å². The average molecular weight is 224 g/mol. The van der Waals surface area contributed by atoms with Crippen LogP contribution in [0.4, 0.5) is 4.79 Å². The molecule has 0 heterocycles. The van der Waals surface area contributed by atoms with Crippen molar-refractivity contribution >= 4 is 11.8 Å². The number of hydrogen-bond donors (Lipinski definition) is 1. The molecule has 90 valence electrons. The largest absolute Gasteiger partial charge is 0.452 e. The first-order valence-corrected chi connectivity index (χ1v) is 5.83. The number of rotatable bonds is 1. The number of fused-ring (bicyclic) bond motifs is 2. The molecule has 2 rings (SSSR count). The Bertz CT molecular complexity index is 349. The zero-order valence-electron chi connectivity index (χ0n) is 10.5. The molecular weight excluding hydrogens is 204 g/mol. The summed E-state index contributed by atoms with van der Waals surface area (Å²) in [6, 6.07) is 0. The summed E-state index contributed by atoms with van der Waals surface area (Å²) in [6.45, 7) is 6.88. The van der Waals surface area contributed by atoms with Gasteiger partial charge in [-0.15, -0.1) is 0 Å². The smallest absolute Gasteiger partial charge is 0.427 e. The van der Waals surface area contributed by atoms with E-state index in [1.54, 1.807) is 0 Å². The van der Waals surface area contributed by atoms with Crippen LogP contribution in [0.2, 0.25) is 0 Å². The van der Waals surface area contributed by atoms with Crippen molar-refractivity contribution in [2.24, 2.45) is 21.8 Å². The zero-order chi connectivity index (χ0) is 12.0. The van der Waals surface area contributed by atoms with Crippen molar-refractivity contribution in [3.05, 3.63) is 0 Å². The molecule has 16 heavy (non-hydrogen) atoms. The van der Waals surface area contributed by atoms with Gasteiger partial charge in [0.25, 0.3) is 0 Å². The van der Waals surface area contributed by atoms with E-state index in [0.29, 0.717) is 11.3 Å². The van der Waals surface area contributed by atoms with Gasteiger partial charge < -0.3 is 4.74 Å². The summed E-state index contributed by atoms with van der Waals surface area (Å²) < 4.78 is 4.52. The maximum Gasteiger partial charge on any atom is 0.427 e. The maximum absolute atomic E-state index is 11.0. The van der Waals surface area contributed by atoms with Crippen LogP contribution in [0.5, 0.6) is 0 Å². The van der Waals surface area contributed by atoms with Gasteiger partial charge >= 0.3 is 6.09 Å². The van der Waals surface area contributed by atoms with E-state index in [1.165, 1.54) is 20.0 Å². The zero-order valence-corrected chi connectivity index (χ0v) is 10.5. The predicted molar refractivity (Wildman–Crippen MR) is 62.2 cm³/mol. The van der Waals surface area contributed by atoms with E-state index < -0.39 is 6.09 Å². The number of hydrogen-bond acceptors (Lipinski definition) is 3. The number of carbonyl (C=O) groups is 1. The van der Waals surface area contributed by atoms with E-state index in [9.17, 15) is 4.79 Å². The first-order valence-electron chi connectivity index (χ1n) is 5.83. The summed E-state index contributed by atoms with van der Waals surface area (Å²) in [6.07, 6.45) is 2.97. The lowest BCUT2D eigenvalue weighted by atomic mass is 9.70. The summed E-state index contributed by atoms with van der Waals surface area (Å²) in [5, 5.41) is 4.24. The number of nitrogens with one attached hydrogen (secondary N) is 1. The van der Waals surface area contributed by atoms with Crippen LogP contribution >= 0.6 is 0 Å². The number of hydrazone groups is 1. The fourth-order valence-corrected chi connectivity index (χ4v) is 3.26. The Kier molecular flexibility index (Phi) is 2.48. The first-order chi connectivity index (χ1) is 7.41. The topological polar surface area (TPSA) is 50.7 Å². The molecule has 0 aromatic rings. The molecule has 0 saturated heterocycles. The molecule has 1 N–H and O–H groups in total. The molecule has 0 aliphatic heterocycles. The molecule has 2 aliphatic carbocycles. The van der Waals surface area contributed by atoms with Gasteiger partial charge in [0.15, 0.2) is 0 Å². The summed E-state index contributed by atoms with van der Waals surface area (Å²) in [5.74, 6) is 0.704. The minimum atomic E-state index is -0.489.